The van der Waals surface area contributed by atoms with Gasteiger partial charge in [0.05, 0.1) is 0 Å². The van der Waals surface area contributed by atoms with Crippen molar-refractivity contribution in [2.45, 2.75) is 51.4 Å². The van der Waals surface area contributed by atoms with E-state index in [1.807, 2.05) is 19.1 Å². The Balaban J connectivity index is 2.12. The van der Waals surface area contributed by atoms with E-state index in [2.05, 4.69) is 6.92 Å². The summed E-state index contributed by atoms with van der Waals surface area (Å²) in [7, 11) is 0. The second-order valence-electron chi connectivity index (χ2n) is 6.99. The van der Waals surface area contributed by atoms with E-state index >= 15 is 0 Å². The third kappa shape index (κ3) is 1.68. The Morgan fingerprint density at radius 1 is 1.35 bits per heavy atom. The maximum absolute atomic E-state index is 12.0. The highest BCUT2D eigenvalue weighted by Gasteiger charge is 2.54. The molecule has 3 rings (SSSR count). The van der Waals surface area contributed by atoms with E-state index in [9.17, 15) is 9.90 Å². The Kier molecular flexibility index (Phi) is 2.86. The molecule has 108 valence electrons. The predicted molar refractivity (Wildman–Crippen MR) is 78.4 cm³/mol. The first-order chi connectivity index (χ1) is 9.38. The average Bonchev–Trinajstić information content (AvgIpc) is 2.37. The molecule has 1 fully saturated rings. The highest BCUT2D eigenvalue weighted by Crippen LogP contribution is 2.57. The second kappa shape index (κ2) is 4.24. The van der Waals surface area contributed by atoms with Crippen molar-refractivity contribution >= 4 is 5.91 Å². The summed E-state index contributed by atoms with van der Waals surface area (Å²) in [5.74, 6) is 0.480. The molecule has 2 aliphatic carbocycles. The molecule has 0 radical (unpaired) electrons. The zero-order valence-corrected chi connectivity index (χ0v) is 12.3. The minimum absolute atomic E-state index is 0.00329. The fraction of sp³-hybridized carbons (Fsp3) is 0.588. The van der Waals surface area contributed by atoms with E-state index in [4.69, 9.17) is 5.73 Å². The van der Waals surface area contributed by atoms with E-state index in [1.165, 1.54) is 11.1 Å². The molecule has 3 N–H and O–H groups in total. The smallest absolute Gasteiger partial charge is 0.223 e. The summed E-state index contributed by atoms with van der Waals surface area (Å²) < 4.78 is 0. The van der Waals surface area contributed by atoms with Crippen molar-refractivity contribution in [2.24, 2.45) is 17.1 Å². The van der Waals surface area contributed by atoms with Gasteiger partial charge in [-0.1, -0.05) is 26.3 Å². The van der Waals surface area contributed by atoms with E-state index in [0.29, 0.717) is 11.7 Å². The lowest BCUT2D eigenvalue weighted by Crippen LogP contribution is -2.54. The van der Waals surface area contributed by atoms with Gasteiger partial charge in [0.2, 0.25) is 5.91 Å². The fourth-order valence-electron chi connectivity index (χ4n) is 4.77. The van der Waals surface area contributed by atoms with Crippen LogP contribution in [0.3, 0.4) is 0 Å². The minimum Gasteiger partial charge on any atom is -0.508 e. The maximum atomic E-state index is 12.0. The summed E-state index contributed by atoms with van der Waals surface area (Å²) in [5.41, 5.74) is 7.87. The number of hydrogen-bond acceptors (Lipinski definition) is 2. The molecule has 3 atom stereocenters. The van der Waals surface area contributed by atoms with Gasteiger partial charge in [-0.3, -0.25) is 4.79 Å². The molecule has 1 amide bonds. The van der Waals surface area contributed by atoms with Crippen LogP contribution in [0.2, 0.25) is 0 Å². The summed E-state index contributed by atoms with van der Waals surface area (Å²) in [6, 6.07) is 5.69. The molecule has 0 heterocycles. The predicted octanol–water partition coefficient (Wildman–Crippen LogP) is 2.89. The van der Waals surface area contributed by atoms with Crippen LogP contribution in [0.25, 0.3) is 0 Å². The molecule has 3 heteroatoms. The van der Waals surface area contributed by atoms with E-state index in [1.54, 1.807) is 6.07 Å². The Morgan fingerprint density at radius 2 is 2.10 bits per heavy atom. The van der Waals surface area contributed by atoms with Gasteiger partial charge < -0.3 is 10.8 Å². The van der Waals surface area contributed by atoms with Crippen LogP contribution in [-0.2, 0) is 16.6 Å². The third-order valence-electron chi connectivity index (χ3n) is 5.90. The zero-order valence-electron chi connectivity index (χ0n) is 12.3. The quantitative estimate of drug-likeness (QED) is 0.826. The minimum atomic E-state index is -0.400. The second-order valence-corrected chi connectivity index (χ2v) is 6.99. The first kappa shape index (κ1) is 13.5. The Bertz CT molecular complexity index is 568. The topological polar surface area (TPSA) is 63.3 Å². The van der Waals surface area contributed by atoms with Gasteiger partial charge in [-0.2, -0.15) is 0 Å². The number of aryl methyl sites for hydroxylation is 1. The molecule has 0 bridgehead atoms. The highest BCUT2D eigenvalue weighted by atomic mass is 16.3. The van der Waals surface area contributed by atoms with Gasteiger partial charge in [0.25, 0.3) is 0 Å². The average molecular weight is 273 g/mol. The molecule has 0 aliphatic heterocycles. The molecular formula is C17H23NO2. The first-order valence-electron chi connectivity index (χ1n) is 7.50. The number of fused-ring (bicyclic) bond motifs is 3. The van der Waals surface area contributed by atoms with Crippen LogP contribution in [0.5, 0.6) is 5.75 Å². The molecule has 3 nitrogen and oxygen atoms in total. The van der Waals surface area contributed by atoms with Gasteiger partial charge in [-0.15, -0.1) is 0 Å². The third-order valence-corrected chi connectivity index (χ3v) is 5.90. The summed E-state index contributed by atoms with van der Waals surface area (Å²) in [4.78, 5) is 12.0. The number of rotatable bonds is 1. The summed E-state index contributed by atoms with van der Waals surface area (Å²) in [6.07, 6.45) is 4.93. The fourth-order valence-corrected chi connectivity index (χ4v) is 4.77. The van der Waals surface area contributed by atoms with Crippen LogP contribution in [0.15, 0.2) is 18.2 Å². The van der Waals surface area contributed by atoms with E-state index < -0.39 is 5.41 Å². The van der Waals surface area contributed by atoms with Gasteiger partial charge in [-0.05, 0) is 60.3 Å². The summed E-state index contributed by atoms with van der Waals surface area (Å²) in [5, 5.41) is 9.69. The van der Waals surface area contributed by atoms with Crippen LogP contribution >= 0.6 is 0 Å². The maximum Gasteiger partial charge on any atom is 0.223 e. The first-order valence-corrected chi connectivity index (χ1v) is 7.50. The number of carbonyl (C=O) groups excluding carboxylic acids is 1. The van der Waals surface area contributed by atoms with Gasteiger partial charge in [0, 0.05) is 5.41 Å². The number of amides is 1. The molecule has 1 aromatic rings. The molecular weight excluding hydrogens is 250 g/mol. The monoisotopic (exact) mass is 273 g/mol. The van der Waals surface area contributed by atoms with Gasteiger partial charge in [0.15, 0.2) is 0 Å². The molecule has 0 aromatic heterocycles. The van der Waals surface area contributed by atoms with Crippen LogP contribution in [0.4, 0.5) is 0 Å². The Hall–Kier alpha value is -1.51. The van der Waals surface area contributed by atoms with Crippen LogP contribution in [0, 0.1) is 11.3 Å². The van der Waals surface area contributed by atoms with Crippen molar-refractivity contribution in [1.82, 2.24) is 0 Å². The van der Waals surface area contributed by atoms with E-state index in [0.717, 1.165) is 32.1 Å². The number of primary amides is 1. The lowest BCUT2D eigenvalue weighted by molar-refractivity contribution is -0.135. The number of phenols is 1. The SMILES string of the molecule is CC1(C(N)=O)CCCC2(C)c3ccc(O)cc3CCC12. The normalized spacial score (nSPS) is 36.0. The summed E-state index contributed by atoms with van der Waals surface area (Å²) >= 11 is 0. The molecule has 0 spiro atoms. The number of nitrogens with two attached hydrogens (primary N) is 1. The van der Waals surface area contributed by atoms with Crippen LogP contribution in [-0.4, -0.2) is 11.0 Å². The van der Waals surface area contributed by atoms with Crippen molar-refractivity contribution in [3.05, 3.63) is 29.3 Å². The van der Waals surface area contributed by atoms with Gasteiger partial charge in [-0.25, -0.2) is 0 Å². The molecule has 3 unspecified atom stereocenters. The number of hydrogen-bond donors (Lipinski definition) is 2. The Morgan fingerprint density at radius 3 is 2.80 bits per heavy atom. The number of phenolic OH excluding ortho intramolecular Hbond substituents is 1. The molecule has 1 aromatic carbocycles. The zero-order chi connectivity index (χ0) is 14.5. The Labute approximate surface area is 120 Å². The van der Waals surface area contributed by atoms with Crippen LogP contribution < -0.4 is 5.73 Å². The van der Waals surface area contributed by atoms with Crippen molar-refractivity contribution in [3.63, 3.8) is 0 Å². The van der Waals surface area contributed by atoms with Gasteiger partial charge in [0.1, 0.15) is 5.75 Å². The molecule has 1 saturated carbocycles. The number of carbonyl (C=O) groups is 1. The van der Waals surface area contributed by atoms with Gasteiger partial charge >= 0.3 is 0 Å². The summed E-state index contributed by atoms with van der Waals surface area (Å²) in [6.45, 7) is 4.32. The molecule has 2 aliphatic rings. The van der Waals surface area contributed by atoms with E-state index in [-0.39, 0.29) is 11.3 Å². The van der Waals surface area contributed by atoms with Crippen molar-refractivity contribution < 1.29 is 9.90 Å². The highest BCUT2D eigenvalue weighted by molar-refractivity contribution is 5.81. The standard InChI is InChI=1S/C17H23NO2/c1-16-8-3-9-17(2,15(18)20)14(16)7-4-11-10-12(19)5-6-13(11)16/h5-6,10,14,19H,3-4,7-9H2,1-2H3,(H2,18,20). The van der Waals surface area contributed by atoms with Crippen LogP contribution in [0.1, 0.15) is 50.7 Å². The number of aromatic hydroxyl groups is 1. The lowest BCUT2D eigenvalue weighted by atomic mass is 9.49. The largest absolute Gasteiger partial charge is 0.508 e. The van der Waals surface area contributed by atoms with Crippen molar-refractivity contribution in [1.29, 1.82) is 0 Å². The van der Waals surface area contributed by atoms with Crippen molar-refractivity contribution in [2.75, 3.05) is 0 Å². The van der Waals surface area contributed by atoms with Crippen molar-refractivity contribution in [3.8, 4) is 5.75 Å². The molecule has 20 heavy (non-hydrogen) atoms. The number of benzene rings is 1. The molecule has 0 saturated heterocycles. The lowest BCUT2D eigenvalue weighted by Gasteiger charge is -2.54.